The van der Waals surface area contributed by atoms with Crippen LogP contribution in [0.1, 0.15) is 37.5 Å². The number of benzene rings is 2. The summed E-state index contributed by atoms with van der Waals surface area (Å²) < 4.78 is 73.1. The highest BCUT2D eigenvalue weighted by molar-refractivity contribution is 5.97. The fourth-order valence-electron chi connectivity index (χ4n) is 3.72. The van der Waals surface area contributed by atoms with Crippen molar-refractivity contribution in [3.05, 3.63) is 75.7 Å². The summed E-state index contributed by atoms with van der Waals surface area (Å²) in [5, 5.41) is 25.6. The number of hydrogen-bond donors (Lipinski definition) is 7. The van der Waals surface area contributed by atoms with E-state index in [-0.39, 0.29) is 41.2 Å². The minimum atomic E-state index is -5.08. The second-order valence-corrected chi connectivity index (χ2v) is 10.2. The van der Waals surface area contributed by atoms with Crippen LogP contribution in [-0.2, 0) is 33.7 Å². The Kier molecular flexibility index (Phi) is 16.4. The molecule has 9 N–H and O–H groups in total. The molecule has 1 heterocycles. The van der Waals surface area contributed by atoms with E-state index in [2.05, 4.69) is 30.9 Å². The van der Waals surface area contributed by atoms with Gasteiger partial charge in [-0.25, -0.2) is 14.6 Å². The Labute approximate surface area is 286 Å². The molecule has 2 amide bonds. The maximum atomic E-state index is 13.4. The van der Waals surface area contributed by atoms with Crippen molar-refractivity contribution in [3.63, 3.8) is 0 Å². The van der Waals surface area contributed by atoms with Crippen LogP contribution >= 0.6 is 0 Å². The quantitative estimate of drug-likeness (QED) is 0.0399. The van der Waals surface area contributed by atoms with Gasteiger partial charge in [-0.3, -0.25) is 19.0 Å². The smallest absolute Gasteiger partial charge is 0.475 e. The number of nitrogens with zero attached hydrogens (tertiary/aromatic N) is 3. The number of carboxylic acids is 1. The molecule has 0 atom stereocenters. The molecule has 15 nitrogen and oxygen atoms in total. The van der Waals surface area contributed by atoms with Crippen molar-refractivity contribution in [1.29, 1.82) is 0 Å². The van der Waals surface area contributed by atoms with E-state index in [1.165, 1.54) is 12.3 Å². The van der Waals surface area contributed by atoms with Crippen LogP contribution in [0, 0.1) is 0 Å². The van der Waals surface area contributed by atoms with Crippen molar-refractivity contribution in [2.75, 3.05) is 24.7 Å². The zero-order valence-corrected chi connectivity index (χ0v) is 27.5. The molecule has 51 heavy (non-hydrogen) atoms. The molecule has 0 spiro atoms. The van der Waals surface area contributed by atoms with Gasteiger partial charge in [-0.05, 0) is 44.5 Å². The van der Waals surface area contributed by atoms with Gasteiger partial charge in [0.15, 0.2) is 11.7 Å². The third-order valence-electron chi connectivity index (χ3n) is 5.89. The van der Waals surface area contributed by atoms with Gasteiger partial charge in [-0.15, -0.1) is 0 Å². The first-order chi connectivity index (χ1) is 23.7. The van der Waals surface area contributed by atoms with Gasteiger partial charge >= 0.3 is 24.4 Å². The molecule has 1 aromatic heterocycles. The number of anilines is 2. The third kappa shape index (κ3) is 14.3. The molecule has 0 bridgehead atoms. The number of aliphatic hydroxyl groups excluding tert-OH is 1. The van der Waals surface area contributed by atoms with Crippen molar-refractivity contribution >= 4 is 35.3 Å². The zero-order chi connectivity index (χ0) is 39.1. The zero-order valence-electron chi connectivity index (χ0n) is 27.5. The highest BCUT2D eigenvalue weighted by Gasteiger charge is 2.38. The Bertz CT molecular complexity index is 1730. The maximum Gasteiger partial charge on any atom is 0.490 e. The monoisotopic (exact) mass is 734 g/mol. The van der Waals surface area contributed by atoms with Crippen LogP contribution < -0.4 is 33.0 Å². The number of hydrogen-bond acceptors (Lipinski definition) is 10. The van der Waals surface area contributed by atoms with Gasteiger partial charge in [-0.1, -0.05) is 29.4 Å². The lowest BCUT2D eigenvalue weighted by Crippen LogP contribution is -2.35. The van der Waals surface area contributed by atoms with Crippen LogP contribution in [0.2, 0.25) is 0 Å². The number of halogens is 6. The van der Waals surface area contributed by atoms with E-state index in [4.69, 9.17) is 26.5 Å². The second kappa shape index (κ2) is 19.4. The largest absolute Gasteiger partial charge is 0.490 e. The molecular formula is C30H36F6N8O7. The highest BCUT2D eigenvalue weighted by atomic mass is 19.4. The molecule has 0 saturated carbocycles. The summed E-state index contributed by atoms with van der Waals surface area (Å²) in [4.78, 5) is 55.1. The Hall–Kier alpha value is -5.86. The number of amides is 2. The molecule has 280 valence electrons. The number of carbonyl (C=O) groups excluding carboxylic acids is 2. The number of rotatable bonds is 10. The van der Waals surface area contributed by atoms with Crippen LogP contribution in [0.5, 0.6) is 0 Å². The molecule has 0 aliphatic heterocycles. The predicted molar refractivity (Wildman–Crippen MR) is 173 cm³/mol. The van der Waals surface area contributed by atoms with Crippen molar-refractivity contribution in [1.82, 2.24) is 20.2 Å². The first-order valence-electron chi connectivity index (χ1n) is 14.5. The Morgan fingerprint density at radius 1 is 1.02 bits per heavy atom. The Morgan fingerprint density at radius 3 is 2.12 bits per heavy atom. The molecule has 0 aliphatic rings. The number of aliphatic carboxylic acids is 1. The molecule has 0 unspecified atom stereocenters. The number of carbonyl (C=O) groups is 3. The minimum Gasteiger partial charge on any atom is -0.475 e. The summed E-state index contributed by atoms with van der Waals surface area (Å²) in [5.74, 6) is -3.44. The first-order valence-corrected chi connectivity index (χ1v) is 14.5. The van der Waals surface area contributed by atoms with Gasteiger partial charge in [0.2, 0.25) is 5.91 Å². The van der Waals surface area contributed by atoms with E-state index in [0.717, 1.165) is 23.8 Å². The number of carboxylic acid groups (broad SMARTS) is 1. The van der Waals surface area contributed by atoms with E-state index in [1.807, 2.05) is 0 Å². The van der Waals surface area contributed by atoms with Gasteiger partial charge in [-0.2, -0.15) is 26.3 Å². The lowest BCUT2D eigenvalue weighted by molar-refractivity contribution is -0.192. The molecule has 0 fully saturated rings. The van der Waals surface area contributed by atoms with Gasteiger partial charge in [0, 0.05) is 43.1 Å². The van der Waals surface area contributed by atoms with Crippen molar-refractivity contribution < 1.29 is 55.8 Å². The average molecular weight is 735 g/mol. The summed E-state index contributed by atoms with van der Waals surface area (Å²) in [5.41, 5.74) is 10.8. The van der Waals surface area contributed by atoms with Crippen LogP contribution in [0.3, 0.4) is 0 Å². The normalized spacial score (nSPS) is 11.3. The van der Waals surface area contributed by atoms with E-state index in [1.54, 1.807) is 45.0 Å². The molecule has 0 radical (unpaired) electrons. The fraction of sp³-hybridized carbons (Fsp3) is 0.333. The number of nitrogen functional groups attached to an aromatic ring is 1. The van der Waals surface area contributed by atoms with Crippen LogP contribution in [0.4, 0.5) is 42.6 Å². The number of nitrogens with one attached hydrogen (secondary N) is 3. The average Bonchev–Trinajstić information content (AvgIpc) is 3.05. The minimum absolute atomic E-state index is 0.0174. The number of alkyl halides is 6. The van der Waals surface area contributed by atoms with Crippen LogP contribution in [0.25, 0.3) is 11.3 Å². The van der Waals surface area contributed by atoms with E-state index >= 15 is 0 Å². The highest BCUT2D eigenvalue weighted by Crippen LogP contribution is 2.34. The van der Waals surface area contributed by atoms with E-state index < -0.39 is 48.0 Å². The number of nitrogens with two attached hydrogens (primary N) is 2. The summed E-state index contributed by atoms with van der Waals surface area (Å²) in [6.07, 6.45) is -9.30. The summed E-state index contributed by atoms with van der Waals surface area (Å²) in [7, 11) is 1.00. The predicted octanol–water partition coefficient (Wildman–Crippen LogP) is 3.26. The lowest BCUT2D eigenvalue weighted by Gasteiger charge is -2.17. The SMILES string of the molecule is CCNC(=O)O/N=C(\N)c1ccc(CNC(=O)Cn2c(-c3cc(N)cc(C(F)(F)F)c3)cnc(NC(C)C)c2=O)cc1.CO.O=C(O)C(F)(F)F. The lowest BCUT2D eigenvalue weighted by atomic mass is 10.1. The topological polar surface area (TPSA) is 236 Å². The second-order valence-electron chi connectivity index (χ2n) is 10.2. The van der Waals surface area contributed by atoms with Crippen molar-refractivity contribution in [2.45, 2.75) is 52.3 Å². The summed E-state index contributed by atoms with van der Waals surface area (Å²) >= 11 is 0. The molecule has 3 aromatic rings. The van der Waals surface area contributed by atoms with Gasteiger partial charge in [0.1, 0.15) is 6.54 Å². The molecule has 3 rings (SSSR count). The Morgan fingerprint density at radius 2 is 1.61 bits per heavy atom. The van der Waals surface area contributed by atoms with E-state index in [0.29, 0.717) is 17.7 Å². The molecule has 2 aromatic carbocycles. The van der Waals surface area contributed by atoms with Crippen LogP contribution in [0.15, 0.2) is 58.6 Å². The number of amidine groups is 1. The number of aromatic nitrogens is 2. The third-order valence-corrected chi connectivity index (χ3v) is 5.89. The van der Waals surface area contributed by atoms with Crippen molar-refractivity contribution in [3.8, 4) is 11.3 Å². The maximum absolute atomic E-state index is 13.4. The standard InChI is InChI=1S/C27H31F3N8O4.C2HF3O2.CH4O/c1-4-33-26(41)42-37-23(32)17-7-5-16(6-8-17)12-34-22(39)14-38-21(13-35-24(25(38)40)36-15(2)3)18-9-19(27(28,29)30)11-20(31)10-18;3-2(4,5)1(6)7;1-2/h5-11,13,15H,4,12,14,31H2,1-3H3,(H2,32,37)(H,33,41)(H,34,39)(H,35,36);(H,6,7);2H,1H3. The Balaban J connectivity index is 0.00000129. The van der Waals surface area contributed by atoms with Gasteiger partial charge in [0.05, 0.1) is 17.5 Å². The van der Waals surface area contributed by atoms with Gasteiger partial charge in [0.25, 0.3) is 5.56 Å². The van der Waals surface area contributed by atoms with Crippen molar-refractivity contribution in [2.24, 2.45) is 10.9 Å². The first kappa shape index (κ1) is 43.2. The molecular weight excluding hydrogens is 698 g/mol. The molecule has 21 heteroatoms. The number of oxime groups is 1. The number of aliphatic hydroxyl groups is 1. The summed E-state index contributed by atoms with van der Waals surface area (Å²) in [6, 6.07) is 9.24. The molecule has 0 aliphatic carbocycles. The van der Waals surface area contributed by atoms with E-state index in [9.17, 15) is 40.7 Å². The summed E-state index contributed by atoms with van der Waals surface area (Å²) in [6.45, 7) is 5.19. The molecule has 0 saturated heterocycles. The van der Waals surface area contributed by atoms with Gasteiger partial charge < -0.3 is 37.6 Å². The van der Waals surface area contributed by atoms with Crippen LogP contribution in [-0.4, -0.2) is 69.4 Å². The fourth-order valence-corrected chi connectivity index (χ4v) is 3.72.